The molecule has 0 aliphatic heterocycles. The lowest BCUT2D eigenvalue weighted by Gasteiger charge is -2.10. The van der Waals surface area contributed by atoms with Crippen LogP contribution in [0.15, 0.2) is 46.9 Å². The van der Waals surface area contributed by atoms with Crippen molar-refractivity contribution in [2.24, 2.45) is 0 Å². The number of carbonyl (C=O) groups excluding carboxylic acids is 1. The van der Waals surface area contributed by atoms with Crippen LogP contribution in [-0.2, 0) is 19.4 Å². The molecule has 0 bridgehead atoms. The number of thioether (sulfide) groups is 1. The molecular formula is C20H17FN2O2S2. The van der Waals surface area contributed by atoms with Crippen LogP contribution in [0.25, 0.3) is 10.2 Å². The van der Waals surface area contributed by atoms with Gasteiger partial charge in [-0.25, -0.2) is 9.37 Å². The van der Waals surface area contributed by atoms with Crippen LogP contribution in [0.1, 0.15) is 27.2 Å². The Hall–Kier alpha value is -2.25. The van der Waals surface area contributed by atoms with Gasteiger partial charge >= 0.3 is 0 Å². The number of allylic oxidation sites excluding steroid dienone is 1. The Morgan fingerprint density at radius 2 is 2.11 bits per heavy atom. The number of halogens is 1. The van der Waals surface area contributed by atoms with Crippen LogP contribution in [0.5, 0.6) is 0 Å². The van der Waals surface area contributed by atoms with Gasteiger partial charge in [-0.05, 0) is 49.1 Å². The molecule has 0 N–H and O–H groups in total. The first kappa shape index (κ1) is 18.1. The van der Waals surface area contributed by atoms with E-state index in [0.717, 1.165) is 35.0 Å². The van der Waals surface area contributed by atoms with E-state index in [2.05, 4.69) is 11.6 Å². The van der Waals surface area contributed by atoms with Crippen LogP contribution in [0.3, 0.4) is 0 Å². The average Bonchev–Trinajstić information content (AvgIpc) is 3.23. The topological polar surface area (TPSA) is 52.0 Å². The fourth-order valence-corrected chi connectivity index (χ4v) is 5.51. The predicted molar refractivity (Wildman–Crippen MR) is 108 cm³/mol. The minimum absolute atomic E-state index is 0.0592. The Kier molecular flexibility index (Phi) is 4.97. The first-order valence-corrected chi connectivity index (χ1v) is 10.5. The number of aromatic nitrogens is 2. The van der Waals surface area contributed by atoms with Gasteiger partial charge in [0.25, 0.3) is 5.56 Å². The molecule has 0 saturated carbocycles. The maximum atomic E-state index is 13.1. The van der Waals surface area contributed by atoms with E-state index in [-0.39, 0.29) is 22.9 Å². The molecule has 1 aromatic carbocycles. The number of benzene rings is 1. The number of fused-ring (bicyclic) bond motifs is 3. The third-order valence-corrected chi connectivity index (χ3v) is 6.76. The normalized spacial score (nSPS) is 13.1. The van der Waals surface area contributed by atoms with E-state index in [1.807, 2.05) is 0 Å². The Bertz CT molecular complexity index is 1100. The Balaban J connectivity index is 1.67. The van der Waals surface area contributed by atoms with Gasteiger partial charge in [0.1, 0.15) is 10.6 Å². The van der Waals surface area contributed by atoms with Crippen molar-refractivity contribution in [3.8, 4) is 0 Å². The number of hydrogen-bond acceptors (Lipinski definition) is 5. The lowest BCUT2D eigenvalue weighted by molar-refractivity contribution is 0.102. The summed E-state index contributed by atoms with van der Waals surface area (Å²) in [6.45, 7) is 4.08. The Labute approximate surface area is 163 Å². The smallest absolute Gasteiger partial charge is 0.263 e. The zero-order valence-electron chi connectivity index (χ0n) is 14.5. The number of aryl methyl sites for hydroxylation is 2. The summed E-state index contributed by atoms with van der Waals surface area (Å²) in [5.41, 5.74) is 1.53. The lowest BCUT2D eigenvalue weighted by Crippen LogP contribution is -2.23. The quantitative estimate of drug-likeness (QED) is 0.269. The van der Waals surface area contributed by atoms with E-state index in [4.69, 9.17) is 0 Å². The molecular weight excluding hydrogens is 383 g/mol. The molecule has 0 fully saturated rings. The van der Waals surface area contributed by atoms with Gasteiger partial charge in [0.05, 0.1) is 11.1 Å². The molecule has 1 aliphatic carbocycles. The van der Waals surface area contributed by atoms with Crippen molar-refractivity contribution in [1.29, 1.82) is 0 Å². The summed E-state index contributed by atoms with van der Waals surface area (Å²) in [4.78, 5) is 32.1. The number of thiophene rings is 1. The maximum Gasteiger partial charge on any atom is 0.263 e. The lowest BCUT2D eigenvalue weighted by atomic mass is 10.1. The zero-order valence-corrected chi connectivity index (χ0v) is 16.2. The third kappa shape index (κ3) is 3.37. The number of ketones is 1. The molecule has 4 nitrogen and oxygen atoms in total. The predicted octanol–water partition coefficient (Wildman–Crippen LogP) is 4.25. The number of hydrogen-bond donors (Lipinski definition) is 0. The number of carbonyl (C=O) groups is 1. The molecule has 0 amide bonds. The van der Waals surface area contributed by atoms with Crippen molar-refractivity contribution in [3.05, 3.63) is 69.1 Å². The van der Waals surface area contributed by atoms with Crippen LogP contribution in [-0.4, -0.2) is 21.1 Å². The van der Waals surface area contributed by atoms with E-state index in [9.17, 15) is 14.0 Å². The monoisotopic (exact) mass is 400 g/mol. The third-order valence-electron chi connectivity index (χ3n) is 4.60. The van der Waals surface area contributed by atoms with Gasteiger partial charge in [0.2, 0.25) is 0 Å². The molecule has 0 atom stereocenters. The molecule has 4 rings (SSSR count). The zero-order chi connectivity index (χ0) is 19.0. The van der Waals surface area contributed by atoms with Crippen LogP contribution < -0.4 is 5.56 Å². The summed E-state index contributed by atoms with van der Waals surface area (Å²) in [5, 5.41) is 1.24. The van der Waals surface area contributed by atoms with Crippen LogP contribution in [0, 0.1) is 5.82 Å². The summed E-state index contributed by atoms with van der Waals surface area (Å²) < 4.78 is 14.6. The fourth-order valence-electron chi connectivity index (χ4n) is 3.31. The summed E-state index contributed by atoms with van der Waals surface area (Å²) in [5.74, 6) is -0.378. The van der Waals surface area contributed by atoms with E-state index in [1.54, 1.807) is 22.0 Å². The van der Waals surface area contributed by atoms with Gasteiger partial charge < -0.3 is 0 Å². The van der Waals surface area contributed by atoms with E-state index in [1.165, 1.54) is 40.9 Å². The highest BCUT2D eigenvalue weighted by Gasteiger charge is 2.23. The molecule has 138 valence electrons. The minimum Gasteiger partial charge on any atom is -0.293 e. The molecule has 7 heteroatoms. The van der Waals surface area contributed by atoms with Crippen molar-refractivity contribution < 1.29 is 9.18 Å². The first-order valence-electron chi connectivity index (χ1n) is 8.66. The molecule has 0 spiro atoms. The minimum atomic E-state index is -0.378. The highest BCUT2D eigenvalue weighted by Crippen LogP contribution is 2.35. The van der Waals surface area contributed by atoms with Gasteiger partial charge in [-0.3, -0.25) is 14.2 Å². The molecule has 1 aliphatic rings. The van der Waals surface area contributed by atoms with E-state index >= 15 is 0 Å². The van der Waals surface area contributed by atoms with Gasteiger partial charge in [-0.2, -0.15) is 0 Å². The summed E-state index contributed by atoms with van der Waals surface area (Å²) in [6.07, 6.45) is 4.67. The van der Waals surface area contributed by atoms with Crippen LogP contribution >= 0.6 is 23.1 Å². The number of nitrogens with zero attached hydrogens (tertiary/aromatic N) is 2. The van der Waals surface area contributed by atoms with Crippen molar-refractivity contribution in [2.45, 2.75) is 31.0 Å². The standard InChI is InChI=1S/C20H17FN2O2S2/c1-2-10-23-19(25)17-14-4-3-5-16(14)27-18(17)22-20(23)26-11-15(24)12-6-8-13(21)9-7-12/h2,6-9H,1,3-5,10-11H2. The number of Topliss-reactive ketones (excluding diaryl/α,β-unsaturated/α-hetero) is 1. The summed E-state index contributed by atoms with van der Waals surface area (Å²) in [7, 11) is 0. The van der Waals surface area contributed by atoms with E-state index < -0.39 is 0 Å². The van der Waals surface area contributed by atoms with Crippen molar-refractivity contribution in [1.82, 2.24) is 9.55 Å². The van der Waals surface area contributed by atoms with Gasteiger partial charge in [0, 0.05) is 17.0 Å². The van der Waals surface area contributed by atoms with Gasteiger partial charge in [-0.15, -0.1) is 17.9 Å². The largest absolute Gasteiger partial charge is 0.293 e. The average molecular weight is 401 g/mol. The Morgan fingerprint density at radius 1 is 1.33 bits per heavy atom. The van der Waals surface area contributed by atoms with Crippen molar-refractivity contribution >= 4 is 39.1 Å². The molecule has 27 heavy (non-hydrogen) atoms. The van der Waals surface area contributed by atoms with Gasteiger partial charge in [0.15, 0.2) is 10.9 Å². The molecule has 2 heterocycles. The van der Waals surface area contributed by atoms with Crippen molar-refractivity contribution in [2.75, 3.05) is 5.75 Å². The molecule has 0 unspecified atom stereocenters. The highest BCUT2D eigenvalue weighted by molar-refractivity contribution is 7.99. The summed E-state index contributed by atoms with van der Waals surface area (Å²) >= 11 is 2.81. The number of rotatable bonds is 6. The van der Waals surface area contributed by atoms with Gasteiger partial charge in [-0.1, -0.05) is 17.8 Å². The Morgan fingerprint density at radius 3 is 2.85 bits per heavy atom. The molecule has 0 radical (unpaired) electrons. The highest BCUT2D eigenvalue weighted by atomic mass is 32.2. The van der Waals surface area contributed by atoms with Crippen LogP contribution in [0.4, 0.5) is 4.39 Å². The van der Waals surface area contributed by atoms with Crippen molar-refractivity contribution in [3.63, 3.8) is 0 Å². The summed E-state index contributed by atoms with van der Waals surface area (Å²) in [6, 6.07) is 5.47. The van der Waals surface area contributed by atoms with Crippen LogP contribution in [0.2, 0.25) is 0 Å². The second-order valence-corrected chi connectivity index (χ2v) is 8.38. The SMILES string of the molecule is C=CCn1c(SCC(=O)c2ccc(F)cc2)nc2sc3c(c2c1=O)CCC3. The second-order valence-electron chi connectivity index (χ2n) is 6.36. The van der Waals surface area contributed by atoms with E-state index in [0.29, 0.717) is 17.3 Å². The molecule has 3 aromatic rings. The molecule has 0 saturated heterocycles. The second kappa shape index (κ2) is 7.40. The fraction of sp³-hybridized carbons (Fsp3) is 0.250. The maximum absolute atomic E-state index is 13.1. The molecule has 2 aromatic heterocycles. The first-order chi connectivity index (χ1) is 13.1.